The normalized spacial score (nSPS) is 10.2. The largest absolute Gasteiger partial charge is 0.493 e. The van der Waals surface area contributed by atoms with Crippen LogP contribution < -0.4 is 24.3 Å². The second-order valence-electron chi connectivity index (χ2n) is 5.90. The van der Waals surface area contributed by atoms with Gasteiger partial charge in [0, 0.05) is 17.8 Å². The van der Waals surface area contributed by atoms with Crippen LogP contribution in [0.25, 0.3) is 0 Å². The van der Waals surface area contributed by atoms with Crippen LogP contribution in [0.1, 0.15) is 16.7 Å². The summed E-state index contributed by atoms with van der Waals surface area (Å²) < 4.78 is 21.6. The molecule has 0 saturated carbocycles. The summed E-state index contributed by atoms with van der Waals surface area (Å²) in [5.74, 6) is 1.86. The van der Waals surface area contributed by atoms with E-state index in [0.717, 1.165) is 22.4 Å². The Morgan fingerprint density at radius 3 is 2.00 bits per heavy atom. The maximum atomic E-state index is 12.3. The fourth-order valence-corrected chi connectivity index (χ4v) is 2.64. The number of carbonyl (C=O) groups excluding carboxylic acids is 1. The monoisotopic (exact) mass is 359 g/mol. The number of methoxy groups -OCH3 is 3. The first-order valence-corrected chi connectivity index (χ1v) is 8.20. The van der Waals surface area contributed by atoms with Gasteiger partial charge in [-0.2, -0.15) is 0 Å². The molecule has 1 amide bonds. The second-order valence-corrected chi connectivity index (χ2v) is 5.90. The first kappa shape index (κ1) is 19.4. The Balaban J connectivity index is 2.12. The number of nitrogens with one attached hydrogen (secondary N) is 1. The van der Waals surface area contributed by atoms with Gasteiger partial charge in [0.25, 0.3) is 5.91 Å². The van der Waals surface area contributed by atoms with Gasteiger partial charge in [-0.15, -0.1) is 0 Å². The molecule has 6 heteroatoms. The van der Waals surface area contributed by atoms with E-state index in [2.05, 4.69) is 5.32 Å². The van der Waals surface area contributed by atoms with Crippen LogP contribution in [0, 0.1) is 20.8 Å². The van der Waals surface area contributed by atoms with E-state index in [1.54, 1.807) is 12.1 Å². The molecular formula is C20H25NO5. The van der Waals surface area contributed by atoms with E-state index < -0.39 is 0 Å². The van der Waals surface area contributed by atoms with Gasteiger partial charge >= 0.3 is 0 Å². The zero-order chi connectivity index (χ0) is 19.3. The van der Waals surface area contributed by atoms with Crippen LogP contribution in [0.5, 0.6) is 23.0 Å². The van der Waals surface area contributed by atoms with E-state index in [-0.39, 0.29) is 12.5 Å². The lowest BCUT2D eigenvalue weighted by Gasteiger charge is -2.16. The third-order valence-corrected chi connectivity index (χ3v) is 4.17. The molecule has 0 radical (unpaired) electrons. The van der Waals surface area contributed by atoms with Gasteiger partial charge in [-0.05, 0) is 37.5 Å². The van der Waals surface area contributed by atoms with Crippen molar-refractivity contribution < 1.29 is 23.7 Å². The summed E-state index contributed by atoms with van der Waals surface area (Å²) in [6, 6.07) is 7.35. The van der Waals surface area contributed by atoms with E-state index in [9.17, 15) is 4.79 Å². The summed E-state index contributed by atoms with van der Waals surface area (Å²) in [6.45, 7) is 5.85. The zero-order valence-corrected chi connectivity index (χ0v) is 16.1. The second kappa shape index (κ2) is 8.47. The average Bonchev–Trinajstić information content (AvgIpc) is 2.63. The van der Waals surface area contributed by atoms with Crippen LogP contribution in [-0.2, 0) is 4.79 Å². The van der Waals surface area contributed by atoms with E-state index in [0.29, 0.717) is 22.9 Å². The number of benzene rings is 2. The Hall–Kier alpha value is -2.89. The molecule has 2 aromatic carbocycles. The summed E-state index contributed by atoms with van der Waals surface area (Å²) in [6.07, 6.45) is 0. The SMILES string of the molecule is COc1cc(NC(=O)COc2c(C)ccc(C)c2C)cc(OC)c1OC. The third kappa shape index (κ3) is 4.20. The molecule has 140 valence electrons. The van der Waals surface area contributed by atoms with Crippen LogP contribution in [-0.4, -0.2) is 33.8 Å². The molecule has 0 aliphatic carbocycles. The van der Waals surface area contributed by atoms with Crippen molar-refractivity contribution in [1.82, 2.24) is 0 Å². The highest BCUT2D eigenvalue weighted by molar-refractivity contribution is 5.92. The Morgan fingerprint density at radius 2 is 1.46 bits per heavy atom. The minimum absolute atomic E-state index is 0.0954. The van der Waals surface area contributed by atoms with Crippen molar-refractivity contribution in [3.8, 4) is 23.0 Å². The first-order chi connectivity index (χ1) is 12.4. The van der Waals surface area contributed by atoms with Gasteiger partial charge in [0.05, 0.1) is 21.3 Å². The van der Waals surface area contributed by atoms with Crippen molar-refractivity contribution in [2.24, 2.45) is 0 Å². The summed E-state index contributed by atoms with van der Waals surface area (Å²) >= 11 is 0. The quantitative estimate of drug-likeness (QED) is 0.817. The number of carbonyl (C=O) groups is 1. The van der Waals surface area contributed by atoms with E-state index in [1.807, 2.05) is 32.9 Å². The maximum Gasteiger partial charge on any atom is 0.262 e. The van der Waals surface area contributed by atoms with Crippen LogP contribution in [0.3, 0.4) is 0 Å². The van der Waals surface area contributed by atoms with Gasteiger partial charge in [-0.25, -0.2) is 0 Å². The fourth-order valence-electron chi connectivity index (χ4n) is 2.64. The minimum atomic E-state index is -0.278. The van der Waals surface area contributed by atoms with Crippen molar-refractivity contribution >= 4 is 11.6 Å². The molecule has 0 fully saturated rings. The number of hydrogen-bond donors (Lipinski definition) is 1. The van der Waals surface area contributed by atoms with E-state index in [1.165, 1.54) is 21.3 Å². The zero-order valence-electron chi connectivity index (χ0n) is 16.1. The summed E-state index contributed by atoms with van der Waals surface area (Å²) in [4.78, 5) is 12.3. The highest BCUT2D eigenvalue weighted by Crippen LogP contribution is 2.39. The first-order valence-electron chi connectivity index (χ1n) is 8.20. The van der Waals surface area contributed by atoms with Crippen molar-refractivity contribution in [3.05, 3.63) is 41.0 Å². The maximum absolute atomic E-state index is 12.3. The highest BCUT2D eigenvalue weighted by atomic mass is 16.5. The van der Waals surface area contributed by atoms with Crippen LogP contribution in [0.2, 0.25) is 0 Å². The average molecular weight is 359 g/mol. The van der Waals surface area contributed by atoms with Crippen LogP contribution in [0.4, 0.5) is 5.69 Å². The number of ether oxygens (including phenoxy) is 4. The Labute approximate surface area is 154 Å². The predicted molar refractivity (Wildman–Crippen MR) is 101 cm³/mol. The molecule has 0 bridgehead atoms. The topological polar surface area (TPSA) is 66.0 Å². The Bertz CT molecular complexity index is 776. The molecular weight excluding hydrogens is 334 g/mol. The number of anilines is 1. The van der Waals surface area contributed by atoms with Crippen molar-refractivity contribution in [2.75, 3.05) is 33.3 Å². The Morgan fingerprint density at radius 1 is 0.885 bits per heavy atom. The summed E-state index contributed by atoms with van der Waals surface area (Å²) in [5, 5.41) is 2.79. The lowest BCUT2D eigenvalue weighted by atomic mass is 10.1. The van der Waals surface area contributed by atoms with E-state index in [4.69, 9.17) is 18.9 Å². The Kier molecular flexibility index (Phi) is 6.33. The van der Waals surface area contributed by atoms with Gasteiger partial charge < -0.3 is 24.3 Å². The number of aryl methyl sites for hydroxylation is 2. The molecule has 1 N–H and O–H groups in total. The molecule has 2 aromatic rings. The molecule has 2 rings (SSSR count). The fraction of sp³-hybridized carbons (Fsp3) is 0.350. The van der Waals surface area contributed by atoms with E-state index >= 15 is 0 Å². The van der Waals surface area contributed by atoms with Gasteiger partial charge in [0.15, 0.2) is 18.1 Å². The van der Waals surface area contributed by atoms with Crippen molar-refractivity contribution in [3.63, 3.8) is 0 Å². The molecule has 0 aliphatic heterocycles. The highest BCUT2D eigenvalue weighted by Gasteiger charge is 2.15. The molecule has 0 saturated heterocycles. The summed E-state index contributed by atoms with van der Waals surface area (Å²) in [5.41, 5.74) is 3.68. The van der Waals surface area contributed by atoms with Crippen molar-refractivity contribution in [2.45, 2.75) is 20.8 Å². The lowest BCUT2D eigenvalue weighted by molar-refractivity contribution is -0.118. The molecule has 0 aliphatic rings. The van der Waals surface area contributed by atoms with Gasteiger partial charge in [0.1, 0.15) is 5.75 Å². The smallest absolute Gasteiger partial charge is 0.262 e. The third-order valence-electron chi connectivity index (χ3n) is 4.17. The molecule has 0 aromatic heterocycles. The predicted octanol–water partition coefficient (Wildman–Crippen LogP) is 3.66. The lowest BCUT2D eigenvalue weighted by Crippen LogP contribution is -2.21. The van der Waals surface area contributed by atoms with Crippen LogP contribution >= 0.6 is 0 Å². The molecule has 26 heavy (non-hydrogen) atoms. The number of rotatable bonds is 7. The molecule has 0 atom stereocenters. The van der Waals surface area contributed by atoms with Crippen molar-refractivity contribution in [1.29, 1.82) is 0 Å². The molecule has 6 nitrogen and oxygen atoms in total. The summed E-state index contributed by atoms with van der Waals surface area (Å²) in [7, 11) is 4.57. The van der Waals surface area contributed by atoms with Crippen LogP contribution in [0.15, 0.2) is 24.3 Å². The standard InChI is InChI=1S/C20H25NO5/c1-12-7-8-13(2)19(14(12)3)26-11-18(22)21-15-9-16(23-4)20(25-6)17(10-15)24-5/h7-10H,11H2,1-6H3,(H,21,22). The molecule has 0 heterocycles. The minimum Gasteiger partial charge on any atom is -0.493 e. The number of amides is 1. The molecule has 0 spiro atoms. The molecule has 0 unspecified atom stereocenters. The number of hydrogen-bond acceptors (Lipinski definition) is 5. The van der Waals surface area contributed by atoms with Gasteiger partial charge in [-0.3, -0.25) is 4.79 Å². The van der Waals surface area contributed by atoms with Gasteiger partial charge in [0.2, 0.25) is 5.75 Å². The van der Waals surface area contributed by atoms with Gasteiger partial charge in [-0.1, -0.05) is 12.1 Å².